The van der Waals surface area contributed by atoms with Crippen LogP contribution in [0, 0.1) is 11.2 Å². The molecule has 0 unspecified atom stereocenters. The van der Waals surface area contributed by atoms with Crippen molar-refractivity contribution in [2.45, 2.75) is 6.61 Å². The summed E-state index contributed by atoms with van der Waals surface area (Å²) in [5.41, 5.74) is 5.53. The Morgan fingerprint density at radius 3 is 2.77 bits per heavy atom. The summed E-state index contributed by atoms with van der Waals surface area (Å²) in [5, 5.41) is 6.87. The van der Waals surface area contributed by atoms with E-state index in [0.29, 0.717) is 5.56 Å². The lowest BCUT2D eigenvalue weighted by atomic mass is 10.2. The van der Waals surface area contributed by atoms with Gasteiger partial charge in [0.05, 0.1) is 6.61 Å². The van der Waals surface area contributed by atoms with Crippen molar-refractivity contribution < 1.29 is 9.13 Å². The summed E-state index contributed by atoms with van der Waals surface area (Å²) >= 11 is 0. The van der Waals surface area contributed by atoms with E-state index >= 15 is 0 Å². The summed E-state index contributed by atoms with van der Waals surface area (Å²) in [6, 6.07) is 6.35. The number of benzene rings is 1. The van der Waals surface area contributed by atoms with Crippen LogP contribution in [0.1, 0.15) is 5.56 Å². The number of nitrogens with one attached hydrogen (secondary N) is 1. The molecule has 0 saturated heterocycles. The lowest BCUT2D eigenvalue weighted by molar-refractivity contribution is 0.154. The van der Waals surface area contributed by atoms with Gasteiger partial charge < -0.3 is 10.5 Å². The first-order valence-corrected chi connectivity index (χ1v) is 3.84. The normalized spacial score (nSPS) is 9.92. The fourth-order valence-corrected chi connectivity index (χ4v) is 0.886. The Bertz CT molecular complexity index is 301. The van der Waals surface area contributed by atoms with E-state index in [1.54, 1.807) is 18.2 Å². The molecule has 0 saturated carbocycles. The van der Waals surface area contributed by atoms with E-state index < -0.39 is 0 Å². The van der Waals surface area contributed by atoms with E-state index in [1.807, 2.05) is 0 Å². The maximum Gasteiger partial charge on any atom is 0.128 e. The van der Waals surface area contributed by atoms with Gasteiger partial charge in [-0.05, 0) is 6.07 Å². The van der Waals surface area contributed by atoms with E-state index in [4.69, 9.17) is 15.9 Å². The van der Waals surface area contributed by atoms with Crippen LogP contribution in [-0.2, 0) is 11.3 Å². The first kappa shape index (κ1) is 9.67. The zero-order valence-corrected chi connectivity index (χ0v) is 7.09. The molecule has 0 radical (unpaired) electrons. The zero-order chi connectivity index (χ0) is 9.68. The molecule has 0 aliphatic carbocycles. The Hall–Kier alpha value is -1.42. The van der Waals surface area contributed by atoms with Gasteiger partial charge in [-0.2, -0.15) is 0 Å². The molecule has 0 heterocycles. The molecule has 4 heteroatoms. The maximum absolute atomic E-state index is 12.9. The van der Waals surface area contributed by atoms with Gasteiger partial charge in [0.15, 0.2) is 0 Å². The van der Waals surface area contributed by atoms with Gasteiger partial charge in [0.1, 0.15) is 18.3 Å². The van der Waals surface area contributed by atoms with Crippen LogP contribution in [0.5, 0.6) is 0 Å². The van der Waals surface area contributed by atoms with Crippen LogP contribution in [-0.4, -0.2) is 12.4 Å². The molecule has 0 aliphatic heterocycles. The molecule has 1 aromatic rings. The molecule has 0 amide bonds. The Kier molecular flexibility index (Phi) is 3.40. The topological polar surface area (TPSA) is 59.1 Å². The van der Waals surface area contributed by atoms with E-state index in [1.165, 1.54) is 6.07 Å². The van der Waals surface area contributed by atoms with Crippen LogP contribution in [0.25, 0.3) is 0 Å². The zero-order valence-electron chi connectivity index (χ0n) is 7.09. The third-order valence-corrected chi connectivity index (χ3v) is 1.47. The first-order chi connectivity index (χ1) is 6.20. The van der Waals surface area contributed by atoms with Gasteiger partial charge in [-0.15, -0.1) is 0 Å². The number of amidine groups is 1. The van der Waals surface area contributed by atoms with Crippen molar-refractivity contribution in [1.29, 1.82) is 5.41 Å². The van der Waals surface area contributed by atoms with Crippen LogP contribution in [0.3, 0.4) is 0 Å². The van der Waals surface area contributed by atoms with Gasteiger partial charge in [-0.3, -0.25) is 5.41 Å². The summed E-state index contributed by atoms with van der Waals surface area (Å²) < 4.78 is 17.9. The monoisotopic (exact) mass is 182 g/mol. The fourth-order valence-electron chi connectivity index (χ4n) is 0.886. The summed E-state index contributed by atoms with van der Waals surface area (Å²) in [4.78, 5) is 0. The summed E-state index contributed by atoms with van der Waals surface area (Å²) in [7, 11) is 0. The Balaban J connectivity index is 2.45. The largest absolute Gasteiger partial charge is 0.386 e. The van der Waals surface area contributed by atoms with Gasteiger partial charge >= 0.3 is 0 Å². The van der Waals surface area contributed by atoms with Crippen molar-refractivity contribution in [1.82, 2.24) is 0 Å². The molecule has 0 aromatic heterocycles. The number of hydrogen-bond donors (Lipinski definition) is 2. The van der Waals surface area contributed by atoms with E-state index in [0.717, 1.165) is 0 Å². The molecule has 0 spiro atoms. The highest BCUT2D eigenvalue weighted by molar-refractivity contribution is 5.78. The highest BCUT2D eigenvalue weighted by atomic mass is 19.1. The summed E-state index contributed by atoms with van der Waals surface area (Å²) in [5.74, 6) is -0.359. The molecule has 3 N–H and O–H groups in total. The van der Waals surface area contributed by atoms with Crippen molar-refractivity contribution in [3.63, 3.8) is 0 Å². The van der Waals surface area contributed by atoms with E-state index in [9.17, 15) is 4.39 Å². The molecule has 0 aliphatic rings. The lowest BCUT2D eigenvalue weighted by Gasteiger charge is -2.03. The molecule has 0 fully saturated rings. The lowest BCUT2D eigenvalue weighted by Crippen LogP contribution is -2.17. The standard InChI is InChI=1S/C9H11FN2O/c10-8-4-2-1-3-7(8)5-13-6-9(11)12/h1-4H,5-6H2,(H3,11,12). The average molecular weight is 182 g/mol. The molecular weight excluding hydrogens is 171 g/mol. The van der Waals surface area contributed by atoms with Crippen LogP contribution in [0.4, 0.5) is 4.39 Å². The predicted octanol–water partition coefficient (Wildman–Crippen LogP) is 1.28. The second-order valence-corrected chi connectivity index (χ2v) is 2.61. The minimum Gasteiger partial charge on any atom is -0.386 e. The van der Waals surface area contributed by atoms with Gasteiger partial charge in [-0.25, -0.2) is 4.39 Å². The summed E-state index contributed by atoms with van der Waals surface area (Å²) in [6.45, 7) is 0.181. The maximum atomic E-state index is 12.9. The number of rotatable bonds is 4. The Labute approximate surface area is 75.8 Å². The highest BCUT2D eigenvalue weighted by Crippen LogP contribution is 2.06. The quantitative estimate of drug-likeness (QED) is 0.544. The van der Waals surface area contributed by atoms with Crippen LogP contribution in [0.15, 0.2) is 24.3 Å². The molecule has 1 aromatic carbocycles. The average Bonchev–Trinajstić information content (AvgIpc) is 2.08. The molecular formula is C9H11FN2O. The third kappa shape index (κ3) is 3.21. The minimum atomic E-state index is -0.300. The predicted molar refractivity (Wildman–Crippen MR) is 48.0 cm³/mol. The number of ether oxygens (including phenoxy) is 1. The van der Waals surface area contributed by atoms with Gasteiger partial charge in [0.2, 0.25) is 0 Å². The number of nitrogens with two attached hydrogens (primary N) is 1. The van der Waals surface area contributed by atoms with Crippen molar-refractivity contribution in [2.75, 3.05) is 6.61 Å². The first-order valence-electron chi connectivity index (χ1n) is 3.84. The fraction of sp³-hybridized carbons (Fsp3) is 0.222. The Morgan fingerprint density at radius 1 is 1.46 bits per heavy atom. The van der Waals surface area contributed by atoms with Crippen molar-refractivity contribution in [2.24, 2.45) is 5.73 Å². The molecule has 13 heavy (non-hydrogen) atoms. The number of halogens is 1. The Morgan fingerprint density at radius 2 is 2.15 bits per heavy atom. The molecule has 1 rings (SSSR count). The third-order valence-electron chi connectivity index (χ3n) is 1.47. The van der Waals surface area contributed by atoms with Crippen LogP contribution in [0.2, 0.25) is 0 Å². The number of hydrogen-bond acceptors (Lipinski definition) is 2. The van der Waals surface area contributed by atoms with Crippen molar-refractivity contribution in [3.05, 3.63) is 35.6 Å². The molecule has 3 nitrogen and oxygen atoms in total. The SMILES string of the molecule is N=C(N)COCc1ccccc1F. The molecule has 0 bridgehead atoms. The molecule has 0 atom stereocenters. The van der Waals surface area contributed by atoms with Gasteiger partial charge in [0, 0.05) is 5.56 Å². The van der Waals surface area contributed by atoms with E-state index in [2.05, 4.69) is 0 Å². The molecule has 70 valence electrons. The van der Waals surface area contributed by atoms with Crippen LogP contribution < -0.4 is 5.73 Å². The second-order valence-electron chi connectivity index (χ2n) is 2.61. The van der Waals surface area contributed by atoms with Crippen LogP contribution >= 0.6 is 0 Å². The van der Waals surface area contributed by atoms with Gasteiger partial charge in [0.25, 0.3) is 0 Å². The smallest absolute Gasteiger partial charge is 0.128 e. The minimum absolute atomic E-state index is 0.0360. The van der Waals surface area contributed by atoms with E-state index in [-0.39, 0.29) is 24.9 Å². The van der Waals surface area contributed by atoms with Crippen molar-refractivity contribution in [3.8, 4) is 0 Å². The highest BCUT2D eigenvalue weighted by Gasteiger charge is 1.99. The summed E-state index contributed by atoms with van der Waals surface area (Å²) in [6.07, 6.45) is 0. The second kappa shape index (κ2) is 4.57. The van der Waals surface area contributed by atoms with Gasteiger partial charge in [-0.1, -0.05) is 18.2 Å². The van der Waals surface area contributed by atoms with Crippen molar-refractivity contribution >= 4 is 5.84 Å².